The Bertz CT molecular complexity index is 1440. The van der Waals surface area contributed by atoms with Crippen LogP contribution in [0.2, 0.25) is 5.02 Å². The zero-order valence-electron chi connectivity index (χ0n) is 21.2. The van der Waals surface area contributed by atoms with Crippen LogP contribution in [0.5, 0.6) is 5.75 Å². The Labute approximate surface area is 220 Å². The second-order valence-corrected chi connectivity index (χ2v) is 9.01. The first-order valence-corrected chi connectivity index (χ1v) is 12.2. The summed E-state index contributed by atoms with van der Waals surface area (Å²) in [6.45, 7) is 4.37. The van der Waals surface area contributed by atoms with Crippen LogP contribution in [0.1, 0.15) is 45.8 Å². The van der Waals surface area contributed by atoms with Crippen LogP contribution in [0.4, 0.5) is 5.69 Å². The maximum atomic E-state index is 13.1. The van der Waals surface area contributed by atoms with Crippen LogP contribution in [0.15, 0.2) is 71.7 Å². The van der Waals surface area contributed by atoms with Crippen molar-refractivity contribution in [3.63, 3.8) is 0 Å². The van der Waals surface area contributed by atoms with Gasteiger partial charge in [-0.3, -0.25) is 9.48 Å². The Hall–Kier alpha value is -4.04. The van der Waals surface area contributed by atoms with Crippen LogP contribution in [0, 0.1) is 6.92 Å². The topological polar surface area (TPSA) is 87.4 Å². The quantitative estimate of drug-likeness (QED) is 0.313. The molecule has 0 amide bonds. The van der Waals surface area contributed by atoms with E-state index in [-0.39, 0.29) is 17.9 Å². The van der Waals surface area contributed by atoms with Gasteiger partial charge >= 0.3 is 5.97 Å². The van der Waals surface area contributed by atoms with Gasteiger partial charge in [0.2, 0.25) is 5.56 Å². The van der Waals surface area contributed by atoms with E-state index in [2.05, 4.69) is 5.32 Å². The number of nitrogens with zero attached hydrogens (tertiary/aromatic N) is 3. The standard InChI is InChI=1S/C28H29ClN4O4/c1-5-37-28(35)27-25(18(2)33(31-27)16-19-6-13-23(36-4)14-7-19)26(20-8-10-21(29)11-9-20)30-22-12-15-24(34)32(3)17-22/h6-15,17,26,30H,5,16H2,1-4H3. The van der Waals surface area contributed by atoms with Gasteiger partial charge in [-0.2, -0.15) is 5.10 Å². The number of nitrogens with one attached hydrogen (secondary N) is 1. The molecule has 0 saturated heterocycles. The average Bonchev–Trinajstić information content (AvgIpc) is 3.21. The van der Waals surface area contributed by atoms with Crippen molar-refractivity contribution in [1.29, 1.82) is 0 Å². The molecule has 1 N–H and O–H groups in total. The van der Waals surface area contributed by atoms with Gasteiger partial charge in [0.15, 0.2) is 5.69 Å². The molecule has 0 saturated carbocycles. The Morgan fingerprint density at radius 1 is 1.08 bits per heavy atom. The fourth-order valence-corrected chi connectivity index (χ4v) is 4.26. The molecule has 2 aromatic carbocycles. The highest BCUT2D eigenvalue weighted by molar-refractivity contribution is 6.30. The highest BCUT2D eigenvalue weighted by Crippen LogP contribution is 2.33. The van der Waals surface area contributed by atoms with Gasteiger partial charge in [-0.15, -0.1) is 0 Å². The lowest BCUT2D eigenvalue weighted by Crippen LogP contribution is -2.20. The maximum Gasteiger partial charge on any atom is 0.359 e. The van der Waals surface area contributed by atoms with Crippen LogP contribution in [0.3, 0.4) is 0 Å². The Morgan fingerprint density at radius 2 is 1.78 bits per heavy atom. The first-order chi connectivity index (χ1) is 17.8. The minimum Gasteiger partial charge on any atom is -0.497 e. The molecule has 0 aliphatic heterocycles. The lowest BCUT2D eigenvalue weighted by molar-refractivity contribution is 0.0517. The van der Waals surface area contributed by atoms with Crippen molar-refractivity contribution in [1.82, 2.24) is 14.3 Å². The summed E-state index contributed by atoms with van der Waals surface area (Å²) in [6.07, 6.45) is 1.71. The van der Waals surface area contributed by atoms with E-state index in [0.717, 1.165) is 22.6 Å². The minimum atomic E-state index is -0.504. The largest absolute Gasteiger partial charge is 0.497 e. The number of hydrogen-bond acceptors (Lipinski definition) is 6. The molecule has 4 aromatic rings. The van der Waals surface area contributed by atoms with Crippen LogP contribution in [-0.2, 0) is 18.3 Å². The Kier molecular flexibility index (Phi) is 7.98. The number of rotatable bonds is 9. The molecule has 0 radical (unpaired) electrons. The van der Waals surface area contributed by atoms with Gasteiger partial charge in [-0.05, 0) is 55.3 Å². The van der Waals surface area contributed by atoms with Crippen molar-refractivity contribution >= 4 is 23.3 Å². The van der Waals surface area contributed by atoms with E-state index in [1.807, 2.05) is 43.3 Å². The zero-order valence-corrected chi connectivity index (χ0v) is 22.0. The molecule has 2 aromatic heterocycles. The predicted octanol–water partition coefficient (Wildman–Crippen LogP) is 4.98. The predicted molar refractivity (Wildman–Crippen MR) is 144 cm³/mol. The van der Waals surface area contributed by atoms with Gasteiger partial charge in [-0.25, -0.2) is 4.79 Å². The molecule has 192 valence electrons. The highest BCUT2D eigenvalue weighted by atomic mass is 35.5. The second-order valence-electron chi connectivity index (χ2n) is 8.57. The molecular weight excluding hydrogens is 492 g/mol. The van der Waals surface area contributed by atoms with E-state index in [4.69, 9.17) is 26.2 Å². The molecule has 9 heteroatoms. The van der Waals surface area contributed by atoms with Gasteiger partial charge in [-0.1, -0.05) is 35.9 Å². The summed E-state index contributed by atoms with van der Waals surface area (Å²) in [5.74, 6) is 0.258. The number of anilines is 1. The first kappa shape index (κ1) is 26.0. The number of ether oxygens (including phenoxy) is 2. The molecule has 8 nitrogen and oxygen atoms in total. The van der Waals surface area contributed by atoms with E-state index >= 15 is 0 Å². The number of aromatic nitrogens is 3. The number of halogens is 1. The molecular formula is C28H29ClN4O4. The summed E-state index contributed by atoms with van der Waals surface area (Å²) >= 11 is 6.17. The summed E-state index contributed by atoms with van der Waals surface area (Å²) in [5, 5.41) is 8.78. The van der Waals surface area contributed by atoms with Crippen molar-refractivity contribution in [3.05, 3.63) is 110 Å². The zero-order chi connectivity index (χ0) is 26.5. The Balaban J connectivity index is 1.84. The molecule has 0 bridgehead atoms. The van der Waals surface area contributed by atoms with Gasteiger partial charge in [0, 0.05) is 35.6 Å². The first-order valence-electron chi connectivity index (χ1n) is 11.9. The highest BCUT2D eigenvalue weighted by Gasteiger charge is 2.29. The molecule has 37 heavy (non-hydrogen) atoms. The van der Waals surface area contributed by atoms with Gasteiger partial charge in [0.25, 0.3) is 0 Å². The maximum absolute atomic E-state index is 13.1. The fourth-order valence-electron chi connectivity index (χ4n) is 4.14. The average molecular weight is 521 g/mol. The van der Waals surface area contributed by atoms with Crippen molar-refractivity contribution in [2.24, 2.45) is 7.05 Å². The minimum absolute atomic E-state index is 0.121. The number of aryl methyl sites for hydroxylation is 1. The van der Waals surface area contributed by atoms with Crippen molar-refractivity contribution in [2.75, 3.05) is 19.0 Å². The smallest absolute Gasteiger partial charge is 0.359 e. The van der Waals surface area contributed by atoms with E-state index in [1.165, 1.54) is 10.6 Å². The third kappa shape index (κ3) is 5.86. The van der Waals surface area contributed by atoms with Crippen molar-refractivity contribution < 1.29 is 14.3 Å². The number of benzene rings is 2. The normalized spacial score (nSPS) is 11.7. The van der Waals surface area contributed by atoms with Gasteiger partial charge in [0.1, 0.15) is 5.75 Å². The third-order valence-corrected chi connectivity index (χ3v) is 6.35. The van der Waals surface area contributed by atoms with E-state index in [0.29, 0.717) is 22.8 Å². The van der Waals surface area contributed by atoms with Crippen LogP contribution < -0.4 is 15.6 Å². The number of methoxy groups -OCH3 is 1. The van der Waals surface area contributed by atoms with Crippen molar-refractivity contribution in [2.45, 2.75) is 26.4 Å². The van der Waals surface area contributed by atoms with Gasteiger partial charge < -0.3 is 19.4 Å². The lowest BCUT2D eigenvalue weighted by atomic mass is 9.96. The number of carbonyl (C=O) groups is 1. The SMILES string of the molecule is CCOC(=O)c1nn(Cc2ccc(OC)cc2)c(C)c1C(Nc1ccc(=O)n(C)c1)c1ccc(Cl)cc1. The number of carbonyl (C=O) groups excluding carboxylic acids is 1. The number of esters is 1. The molecule has 2 heterocycles. The fraction of sp³-hybridized carbons (Fsp3) is 0.250. The van der Waals surface area contributed by atoms with Crippen LogP contribution in [0.25, 0.3) is 0 Å². The summed E-state index contributed by atoms with van der Waals surface area (Å²) in [7, 11) is 3.31. The summed E-state index contributed by atoms with van der Waals surface area (Å²) in [4.78, 5) is 25.1. The molecule has 0 fully saturated rings. The lowest BCUT2D eigenvalue weighted by Gasteiger charge is -2.22. The van der Waals surface area contributed by atoms with Crippen molar-refractivity contribution in [3.8, 4) is 5.75 Å². The number of hydrogen-bond donors (Lipinski definition) is 1. The summed E-state index contributed by atoms with van der Waals surface area (Å²) in [6, 6.07) is 17.8. The third-order valence-electron chi connectivity index (χ3n) is 6.10. The summed E-state index contributed by atoms with van der Waals surface area (Å²) in [5.41, 5.74) is 4.17. The van der Waals surface area contributed by atoms with Crippen LogP contribution >= 0.6 is 11.6 Å². The summed E-state index contributed by atoms with van der Waals surface area (Å²) < 4.78 is 13.9. The number of pyridine rings is 1. The van der Waals surface area contributed by atoms with E-state index < -0.39 is 12.0 Å². The monoisotopic (exact) mass is 520 g/mol. The molecule has 1 atom stereocenters. The van der Waals surface area contributed by atoms with E-state index in [9.17, 15) is 9.59 Å². The molecule has 4 rings (SSSR count). The second kappa shape index (κ2) is 11.3. The van der Waals surface area contributed by atoms with E-state index in [1.54, 1.807) is 50.2 Å². The molecule has 0 aliphatic rings. The van der Waals surface area contributed by atoms with Crippen LogP contribution in [-0.4, -0.2) is 34.0 Å². The Morgan fingerprint density at radius 3 is 2.41 bits per heavy atom. The molecule has 0 spiro atoms. The molecule has 1 unspecified atom stereocenters. The molecule has 0 aliphatic carbocycles. The van der Waals surface area contributed by atoms with Gasteiger partial charge in [0.05, 0.1) is 32.0 Å².